The SMILES string of the molecule is CC(Cn1cc(Cl)cn1)c1cc(=O)[nH]c(NC2CCCC2)n1. The van der Waals surface area contributed by atoms with E-state index in [1.54, 1.807) is 23.1 Å². The Labute approximate surface area is 133 Å². The highest BCUT2D eigenvalue weighted by molar-refractivity contribution is 6.30. The van der Waals surface area contributed by atoms with Crippen molar-refractivity contribution in [3.05, 3.63) is 39.5 Å². The third-order valence-electron chi connectivity index (χ3n) is 4.03. The van der Waals surface area contributed by atoms with E-state index in [9.17, 15) is 4.79 Å². The first-order chi connectivity index (χ1) is 10.6. The molecule has 7 heteroatoms. The molecule has 22 heavy (non-hydrogen) atoms. The summed E-state index contributed by atoms with van der Waals surface area (Å²) in [6, 6.07) is 1.97. The first-order valence-electron chi connectivity index (χ1n) is 7.66. The molecule has 0 spiro atoms. The Hall–Kier alpha value is -1.82. The van der Waals surface area contributed by atoms with E-state index < -0.39 is 0 Å². The van der Waals surface area contributed by atoms with E-state index in [1.807, 2.05) is 6.92 Å². The predicted octanol–water partition coefficient (Wildman–Crippen LogP) is 2.78. The van der Waals surface area contributed by atoms with Crippen LogP contribution < -0.4 is 10.9 Å². The molecule has 1 fully saturated rings. The fourth-order valence-electron chi connectivity index (χ4n) is 2.87. The van der Waals surface area contributed by atoms with Crippen molar-refractivity contribution < 1.29 is 0 Å². The minimum Gasteiger partial charge on any atom is -0.353 e. The number of aromatic amines is 1. The molecule has 1 aliphatic carbocycles. The summed E-state index contributed by atoms with van der Waals surface area (Å²) in [6.07, 6.45) is 8.11. The molecule has 2 heterocycles. The highest BCUT2D eigenvalue weighted by atomic mass is 35.5. The highest BCUT2D eigenvalue weighted by Crippen LogP contribution is 2.21. The van der Waals surface area contributed by atoms with Crippen LogP contribution in [0.5, 0.6) is 0 Å². The largest absolute Gasteiger partial charge is 0.353 e. The topological polar surface area (TPSA) is 75.6 Å². The molecule has 0 aliphatic heterocycles. The molecule has 1 unspecified atom stereocenters. The van der Waals surface area contributed by atoms with Crippen LogP contribution in [0.4, 0.5) is 5.95 Å². The highest BCUT2D eigenvalue weighted by Gasteiger charge is 2.17. The molecular formula is C15H20ClN5O. The summed E-state index contributed by atoms with van der Waals surface area (Å²) in [4.78, 5) is 19.2. The number of aromatic nitrogens is 4. The molecule has 2 aromatic rings. The van der Waals surface area contributed by atoms with E-state index in [0.29, 0.717) is 23.6 Å². The quantitative estimate of drug-likeness (QED) is 0.888. The van der Waals surface area contributed by atoms with Crippen LogP contribution in [0.1, 0.15) is 44.2 Å². The normalized spacial score (nSPS) is 16.8. The number of H-pyrrole nitrogens is 1. The van der Waals surface area contributed by atoms with Crippen molar-refractivity contribution in [2.45, 2.75) is 51.1 Å². The average molecular weight is 322 g/mol. The molecule has 1 saturated carbocycles. The fraction of sp³-hybridized carbons (Fsp3) is 0.533. The molecule has 3 rings (SSSR count). The van der Waals surface area contributed by atoms with Gasteiger partial charge in [-0.25, -0.2) is 4.98 Å². The summed E-state index contributed by atoms with van der Waals surface area (Å²) in [5, 5.41) is 8.11. The maximum absolute atomic E-state index is 11.9. The Kier molecular flexibility index (Phi) is 4.47. The van der Waals surface area contributed by atoms with E-state index in [-0.39, 0.29) is 11.5 Å². The van der Waals surface area contributed by atoms with Crippen LogP contribution in [-0.4, -0.2) is 25.8 Å². The molecule has 0 amide bonds. The third-order valence-corrected chi connectivity index (χ3v) is 4.22. The number of rotatable bonds is 5. The number of hydrogen-bond acceptors (Lipinski definition) is 4. The second-order valence-electron chi connectivity index (χ2n) is 5.93. The smallest absolute Gasteiger partial charge is 0.252 e. The van der Waals surface area contributed by atoms with Gasteiger partial charge < -0.3 is 5.32 Å². The van der Waals surface area contributed by atoms with Crippen LogP contribution in [0.15, 0.2) is 23.3 Å². The van der Waals surface area contributed by atoms with Crippen LogP contribution in [0, 0.1) is 0 Å². The van der Waals surface area contributed by atoms with E-state index >= 15 is 0 Å². The molecule has 0 aromatic carbocycles. The second kappa shape index (κ2) is 6.52. The zero-order chi connectivity index (χ0) is 15.5. The zero-order valence-corrected chi connectivity index (χ0v) is 13.3. The lowest BCUT2D eigenvalue weighted by atomic mass is 10.1. The Bertz CT molecular complexity index is 689. The molecule has 0 bridgehead atoms. The molecule has 6 nitrogen and oxygen atoms in total. The summed E-state index contributed by atoms with van der Waals surface area (Å²) in [7, 11) is 0. The zero-order valence-electron chi connectivity index (χ0n) is 12.6. The Balaban J connectivity index is 1.74. The van der Waals surface area contributed by atoms with Gasteiger partial charge in [0.05, 0.1) is 16.9 Å². The van der Waals surface area contributed by atoms with Gasteiger partial charge in [-0.3, -0.25) is 14.5 Å². The molecule has 0 saturated heterocycles. The fourth-order valence-corrected chi connectivity index (χ4v) is 3.03. The van der Waals surface area contributed by atoms with Gasteiger partial charge >= 0.3 is 0 Å². The molecule has 1 atom stereocenters. The van der Waals surface area contributed by atoms with Crippen molar-refractivity contribution >= 4 is 17.5 Å². The van der Waals surface area contributed by atoms with Crippen molar-refractivity contribution in [2.75, 3.05) is 5.32 Å². The molecule has 1 aliphatic rings. The van der Waals surface area contributed by atoms with E-state index in [2.05, 4.69) is 20.4 Å². The van der Waals surface area contributed by atoms with Crippen LogP contribution in [0.25, 0.3) is 0 Å². The monoisotopic (exact) mass is 321 g/mol. The summed E-state index contributed by atoms with van der Waals surface area (Å²) in [5.74, 6) is 0.641. The lowest BCUT2D eigenvalue weighted by Crippen LogP contribution is -2.22. The number of hydrogen-bond donors (Lipinski definition) is 2. The molecule has 0 radical (unpaired) electrons. The molecular weight excluding hydrogens is 302 g/mol. The van der Waals surface area contributed by atoms with Gasteiger partial charge in [0.1, 0.15) is 0 Å². The predicted molar refractivity (Wildman–Crippen MR) is 86.4 cm³/mol. The summed E-state index contributed by atoms with van der Waals surface area (Å²) in [5.41, 5.74) is 0.631. The van der Waals surface area contributed by atoms with E-state index in [4.69, 9.17) is 11.6 Å². The van der Waals surface area contributed by atoms with Gasteiger partial charge in [0.2, 0.25) is 5.95 Å². The van der Waals surface area contributed by atoms with Gasteiger partial charge in [0.25, 0.3) is 5.56 Å². The van der Waals surface area contributed by atoms with E-state index in [1.165, 1.54) is 12.8 Å². The summed E-state index contributed by atoms with van der Waals surface area (Å²) in [6.45, 7) is 2.66. The molecule has 118 valence electrons. The van der Waals surface area contributed by atoms with Gasteiger partial charge in [-0.1, -0.05) is 31.4 Å². The van der Waals surface area contributed by atoms with Crippen LogP contribution in [0.2, 0.25) is 5.02 Å². The van der Waals surface area contributed by atoms with Crippen molar-refractivity contribution in [3.63, 3.8) is 0 Å². The first kappa shape index (κ1) is 15.1. The van der Waals surface area contributed by atoms with Crippen LogP contribution in [0.3, 0.4) is 0 Å². The van der Waals surface area contributed by atoms with Crippen LogP contribution in [-0.2, 0) is 6.54 Å². The van der Waals surface area contributed by atoms with Crippen LogP contribution >= 0.6 is 11.6 Å². The third kappa shape index (κ3) is 3.68. The average Bonchev–Trinajstić information content (AvgIpc) is 3.10. The lowest BCUT2D eigenvalue weighted by molar-refractivity contribution is 0.533. The summed E-state index contributed by atoms with van der Waals surface area (Å²) < 4.78 is 1.76. The number of nitrogens with one attached hydrogen (secondary N) is 2. The minimum absolute atomic E-state index is 0.0717. The van der Waals surface area contributed by atoms with Gasteiger partial charge in [0, 0.05) is 30.8 Å². The Morgan fingerprint density at radius 3 is 2.95 bits per heavy atom. The van der Waals surface area contributed by atoms with Gasteiger partial charge in [0.15, 0.2) is 0 Å². The van der Waals surface area contributed by atoms with Gasteiger partial charge in [-0.15, -0.1) is 0 Å². The second-order valence-corrected chi connectivity index (χ2v) is 6.36. The van der Waals surface area contributed by atoms with Crippen molar-refractivity contribution in [3.8, 4) is 0 Å². The van der Waals surface area contributed by atoms with Crippen molar-refractivity contribution in [2.24, 2.45) is 0 Å². The van der Waals surface area contributed by atoms with E-state index in [0.717, 1.165) is 18.5 Å². The molecule has 2 aromatic heterocycles. The van der Waals surface area contributed by atoms with Gasteiger partial charge in [-0.2, -0.15) is 5.10 Å². The van der Waals surface area contributed by atoms with Gasteiger partial charge in [-0.05, 0) is 12.8 Å². The van der Waals surface area contributed by atoms with Crippen molar-refractivity contribution in [1.29, 1.82) is 0 Å². The van der Waals surface area contributed by atoms with Crippen molar-refractivity contribution in [1.82, 2.24) is 19.7 Å². The number of nitrogens with zero attached hydrogens (tertiary/aromatic N) is 3. The lowest BCUT2D eigenvalue weighted by Gasteiger charge is -2.15. The maximum atomic E-state index is 11.9. The first-order valence-corrected chi connectivity index (χ1v) is 8.04. The Morgan fingerprint density at radius 2 is 2.27 bits per heavy atom. The minimum atomic E-state index is -0.129. The summed E-state index contributed by atoms with van der Waals surface area (Å²) >= 11 is 5.87. The number of anilines is 1. The number of halogens is 1. The maximum Gasteiger partial charge on any atom is 0.252 e. The standard InChI is InChI=1S/C15H20ClN5O/c1-10(8-21-9-11(16)7-17-21)13-6-14(22)20-15(19-13)18-12-4-2-3-5-12/h6-7,9-10,12H,2-5,8H2,1H3,(H2,18,19,20,22). The molecule has 2 N–H and O–H groups in total. The Morgan fingerprint density at radius 1 is 1.50 bits per heavy atom.